The molecule has 1 amide bonds. The Hall–Kier alpha value is -2.07. The van der Waals surface area contributed by atoms with Gasteiger partial charge in [0.1, 0.15) is 5.69 Å². The molecule has 2 heterocycles. The maximum atomic E-state index is 12.3. The van der Waals surface area contributed by atoms with Crippen LogP contribution >= 0.6 is 0 Å². The second-order valence-corrected chi connectivity index (χ2v) is 5.70. The van der Waals surface area contributed by atoms with Crippen LogP contribution < -0.4 is 10.6 Å². The zero-order chi connectivity index (χ0) is 14.7. The Labute approximate surface area is 125 Å². The Morgan fingerprint density at radius 2 is 2.00 bits per heavy atom. The topological polar surface area (TPSA) is 56.9 Å². The highest BCUT2D eigenvalue weighted by molar-refractivity contribution is 5.93. The van der Waals surface area contributed by atoms with Crippen LogP contribution in [0.5, 0.6) is 0 Å². The first-order chi connectivity index (χ1) is 10.2. The molecular weight excluding hydrogens is 262 g/mol. The summed E-state index contributed by atoms with van der Waals surface area (Å²) in [6, 6.07) is 14.0. The van der Waals surface area contributed by atoms with Crippen molar-refractivity contribution in [2.24, 2.45) is 5.92 Å². The van der Waals surface area contributed by atoms with Gasteiger partial charge < -0.3 is 15.6 Å². The van der Waals surface area contributed by atoms with Gasteiger partial charge in [0.25, 0.3) is 5.91 Å². The Kier molecular flexibility index (Phi) is 4.06. The van der Waals surface area contributed by atoms with Crippen LogP contribution in [0, 0.1) is 5.92 Å². The molecule has 1 aliphatic heterocycles. The lowest BCUT2D eigenvalue weighted by atomic mass is 9.95. The lowest BCUT2D eigenvalue weighted by Crippen LogP contribution is -2.50. The Morgan fingerprint density at radius 1 is 1.19 bits per heavy atom. The Morgan fingerprint density at radius 3 is 2.76 bits per heavy atom. The van der Waals surface area contributed by atoms with Gasteiger partial charge in [0.2, 0.25) is 0 Å². The van der Waals surface area contributed by atoms with E-state index in [-0.39, 0.29) is 11.9 Å². The fraction of sp³-hybridized carbons (Fsp3) is 0.353. The summed E-state index contributed by atoms with van der Waals surface area (Å²) in [4.78, 5) is 15.5. The maximum Gasteiger partial charge on any atom is 0.267 e. The third-order valence-corrected chi connectivity index (χ3v) is 4.16. The predicted molar refractivity (Wildman–Crippen MR) is 84.1 cm³/mol. The summed E-state index contributed by atoms with van der Waals surface area (Å²) >= 11 is 0. The summed E-state index contributed by atoms with van der Waals surface area (Å²) in [5, 5.41) is 6.45. The maximum absolute atomic E-state index is 12.3. The molecule has 110 valence electrons. The van der Waals surface area contributed by atoms with Crippen molar-refractivity contribution in [1.29, 1.82) is 0 Å². The third-order valence-electron chi connectivity index (χ3n) is 4.16. The van der Waals surface area contributed by atoms with Crippen molar-refractivity contribution in [1.82, 2.24) is 15.6 Å². The van der Waals surface area contributed by atoms with Gasteiger partial charge in [0, 0.05) is 18.3 Å². The number of benzene rings is 1. The molecule has 4 heteroatoms. The van der Waals surface area contributed by atoms with Gasteiger partial charge in [0.15, 0.2) is 0 Å². The molecule has 1 aliphatic rings. The molecule has 0 saturated carbocycles. The van der Waals surface area contributed by atoms with Crippen LogP contribution in [0.1, 0.15) is 23.8 Å². The number of piperidine rings is 1. The molecule has 1 saturated heterocycles. The van der Waals surface area contributed by atoms with Gasteiger partial charge in [-0.05, 0) is 36.6 Å². The van der Waals surface area contributed by atoms with E-state index in [2.05, 4.69) is 22.5 Å². The molecule has 0 bridgehead atoms. The molecule has 21 heavy (non-hydrogen) atoms. The predicted octanol–water partition coefficient (Wildman–Crippen LogP) is 2.41. The average Bonchev–Trinajstić information content (AvgIpc) is 3.00. The summed E-state index contributed by atoms with van der Waals surface area (Å²) in [5.74, 6) is 0.483. The van der Waals surface area contributed by atoms with Crippen LogP contribution in [0.25, 0.3) is 11.3 Å². The van der Waals surface area contributed by atoms with Crippen LogP contribution in [0.15, 0.2) is 42.5 Å². The molecule has 0 radical (unpaired) electrons. The summed E-state index contributed by atoms with van der Waals surface area (Å²) in [6.45, 7) is 4.07. The molecule has 0 aliphatic carbocycles. The number of aromatic amines is 1. The lowest BCUT2D eigenvalue weighted by molar-refractivity contribution is 0.0911. The number of H-pyrrole nitrogens is 1. The third kappa shape index (κ3) is 3.16. The van der Waals surface area contributed by atoms with Gasteiger partial charge in [-0.2, -0.15) is 0 Å². The monoisotopic (exact) mass is 283 g/mol. The van der Waals surface area contributed by atoms with Crippen molar-refractivity contribution in [2.75, 3.05) is 13.1 Å². The number of aromatic nitrogens is 1. The number of hydrogen-bond acceptors (Lipinski definition) is 2. The first-order valence-corrected chi connectivity index (χ1v) is 7.50. The van der Waals surface area contributed by atoms with Gasteiger partial charge in [-0.1, -0.05) is 37.3 Å². The van der Waals surface area contributed by atoms with E-state index in [0.717, 1.165) is 30.8 Å². The fourth-order valence-electron chi connectivity index (χ4n) is 2.74. The number of amides is 1. The Balaban J connectivity index is 1.69. The quantitative estimate of drug-likeness (QED) is 0.810. The summed E-state index contributed by atoms with van der Waals surface area (Å²) in [7, 11) is 0. The standard InChI is InChI=1S/C17H21N3O/c1-12-9-10-18-11-16(12)20-17(21)15-8-7-14(19-15)13-5-3-2-4-6-13/h2-8,12,16,18-19H,9-11H2,1H3,(H,20,21). The van der Waals surface area contributed by atoms with E-state index in [1.807, 2.05) is 42.5 Å². The summed E-state index contributed by atoms with van der Waals surface area (Å²) in [6.07, 6.45) is 1.10. The number of carbonyl (C=O) groups is 1. The van der Waals surface area contributed by atoms with E-state index in [9.17, 15) is 4.79 Å². The van der Waals surface area contributed by atoms with Crippen LogP contribution in [0.4, 0.5) is 0 Å². The van der Waals surface area contributed by atoms with Crippen LogP contribution in [-0.4, -0.2) is 30.0 Å². The van der Waals surface area contributed by atoms with Crippen LogP contribution in [0.3, 0.4) is 0 Å². The molecule has 2 aromatic rings. The largest absolute Gasteiger partial charge is 0.351 e. The normalized spacial score (nSPS) is 22.0. The second-order valence-electron chi connectivity index (χ2n) is 5.70. The van der Waals surface area contributed by atoms with E-state index in [1.165, 1.54) is 0 Å². The molecular formula is C17H21N3O. The first-order valence-electron chi connectivity index (χ1n) is 7.50. The number of carbonyl (C=O) groups excluding carboxylic acids is 1. The van der Waals surface area contributed by atoms with E-state index < -0.39 is 0 Å². The van der Waals surface area contributed by atoms with Crippen molar-refractivity contribution in [3.63, 3.8) is 0 Å². The van der Waals surface area contributed by atoms with Gasteiger partial charge in [-0.3, -0.25) is 4.79 Å². The molecule has 1 fully saturated rings. The molecule has 3 rings (SSSR count). The van der Waals surface area contributed by atoms with Gasteiger partial charge in [0.05, 0.1) is 0 Å². The number of rotatable bonds is 3. The highest BCUT2D eigenvalue weighted by Crippen LogP contribution is 2.18. The lowest BCUT2D eigenvalue weighted by Gasteiger charge is -2.30. The SMILES string of the molecule is CC1CCNCC1NC(=O)c1ccc(-c2ccccc2)[nH]1. The highest BCUT2D eigenvalue weighted by Gasteiger charge is 2.23. The van der Waals surface area contributed by atoms with Crippen molar-refractivity contribution in [2.45, 2.75) is 19.4 Å². The van der Waals surface area contributed by atoms with Crippen molar-refractivity contribution < 1.29 is 4.79 Å². The van der Waals surface area contributed by atoms with E-state index >= 15 is 0 Å². The fourth-order valence-corrected chi connectivity index (χ4v) is 2.74. The average molecular weight is 283 g/mol. The highest BCUT2D eigenvalue weighted by atomic mass is 16.1. The summed E-state index contributed by atoms with van der Waals surface area (Å²) < 4.78 is 0. The minimum atomic E-state index is -0.0299. The smallest absolute Gasteiger partial charge is 0.267 e. The summed E-state index contributed by atoms with van der Waals surface area (Å²) in [5.41, 5.74) is 2.67. The zero-order valence-electron chi connectivity index (χ0n) is 12.2. The molecule has 1 aromatic heterocycles. The minimum Gasteiger partial charge on any atom is -0.351 e. The zero-order valence-corrected chi connectivity index (χ0v) is 12.2. The molecule has 3 N–H and O–H groups in total. The second kappa shape index (κ2) is 6.14. The van der Waals surface area contributed by atoms with Crippen molar-refractivity contribution in [3.8, 4) is 11.3 Å². The number of hydrogen-bond donors (Lipinski definition) is 3. The van der Waals surface area contributed by atoms with Crippen molar-refractivity contribution >= 4 is 5.91 Å². The minimum absolute atomic E-state index is 0.0299. The Bertz CT molecular complexity index is 606. The first kappa shape index (κ1) is 13.9. The molecule has 1 aromatic carbocycles. The number of nitrogens with one attached hydrogen (secondary N) is 3. The molecule has 0 spiro atoms. The van der Waals surface area contributed by atoms with E-state index in [0.29, 0.717) is 11.6 Å². The van der Waals surface area contributed by atoms with Gasteiger partial charge in [-0.25, -0.2) is 0 Å². The van der Waals surface area contributed by atoms with Gasteiger partial charge >= 0.3 is 0 Å². The van der Waals surface area contributed by atoms with E-state index in [4.69, 9.17) is 0 Å². The van der Waals surface area contributed by atoms with Crippen molar-refractivity contribution in [3.05, 3.63) is 48.2 Å². The van der Waals surface area contributed by atoms with Crippen LogP contribution in [-0.2, 0) is 0 Å². The molecule has 4 nitrogen and oxygen atoms in total. The van der Waals surface area contributed by atoms with Gasteiger partial charge in [-0.15, -0.1) is 0 Å². The van der Waals surface area contributed by atoms with Crippen LogP contribution in [0.2, 0.25) is 0 Å². The molecule has 2 atom stereocenters. The molecule has 2 unspecified atom stereocenters. The van der Waals surface area contributed by atoms with E-state index in [1.54, 1.807) is 0 Å².